The van der Waals surface area contributed by atoms with Crippen LogP contribution in [0.5, 0.6) is 0 Å². The molecular formula is C22H25FN6OS. The van der Waals surface area contributed by atoms with E-state index in [-0.39, 0.29) is 23.4 Å². The molecule has 0 saturated heterocycles. The Morgan fingerprint density at radius 2 is 1.94 bits per heavy atom. The topological polar surface area (TPSA) is 88.5 Å². The number of benzene rings is 1. The standard InChI is InChI=1S/C22H25FN6OS/c1-13(2)20-26-27-22(28(20)5)31-12-19(30)25-21-18(10-24)14(3)15(4)29(21)11-16-6-8-17(23)9-7-16/h6-9,13H,11-12H2,1-5H3,(H,25,30). The number of carbonyl (C=O) groups excluding carboxylic acids is 1. The van der Waals surface area contributed by atoms with E-state index in [9.17, 15) is 14.4 Å². The Morgan fingerprint density at radius 3 is 2.52 bits per heavy atom. The number of hydrogen-bond acceptors (Lipinski definition) is 5. The molecule has 0 aliphatic heterocycles. The van der Waals surface area contributed by atoms with Gasteiger partial charge in [0.2, 0.25) is 5.91 Å². The van der Waals surface area contributed by atoms with Crippen LogP contribution in [0.25, 0.3) is 0 Å². The molecule has 3 rings (SSSR count). The fraction of sp³-hybridized carbons (Fsp3) is 0.364. The molecule has 1 aromatic carbocycles. The lowest BCUT2D eigenvalue weighted by Crippen LogP contribution is -2.19. The quantitative estimate of drug-likeness (QED) is 0.558. The zero-order valence-corrected chi connectivity index (χ0v) is 19.0. The number of rotatable bonds is 7. The van der Waals surface area contributed by atoms with Gasteiger partial charge in [-0.05, 0) is 37.1 Å². The molecule has 9 heteroatoms. The maximum Gasteiger partial charge on any atom is 0.235 e. The van der Waals surface area contributed by atoms with Gasteiger partial charge in [-0.1, -0.05) is 37.7 Å². The first kappa shape index (κ1) is 22.6. The van der Waals surface area contributed by atoms with Crippen LogP contribution < -0.4 is 5.32 Å². The van der Waals surface area contributed by atoms with Crippen molar-refractivity contribution >= 4 is 23.5 Å². The second-order valence-electron chi connectivity index (χ2n) is 7.65. The number of nitrogens with one attached hydrogen (secondary N) is 1. The summed E-state index contributed by atoms with van der Waals surface area (Å²) in [7, 11) is 1.88. The molecule has 0 saturated carbocycles. The number of carbonyl (C=O) groups is 1. The van der Waals surface area contributed by atoms with Crippen molar-refractivity contribution in [1.82, 2.24) is 19.3 Å². The zero-order valence-electron chi connectivity index (χ0n) is 18.2. The molecule has 7 nitrogen and oxygen atoms in total. The smallest absolute Gasteiger partial charge is 0.235 e. The van der Waals surface area contributed by atoms with Gasteiger partial charge in [0, 0.05) is 25.2 Å². The summed E-state index contributed by atoms with van der Waals surface area (Å²) in [5.41, 5.74) is 2.98. The lowest BCUT2D eigenvalue weighted by molar-refractivity contribution is -0.113. The lowest BCUT2D eigenvalue weighted by Gasteiger charge is -2.13. The van der Waals surface area contributed by atoms with E-state index < -0.39 is 0 Å². The van der Waals surface area contributed by atoms with Crippen LogP contribution in [0.15, 0.2) is 29.4 Å². The summed E-state index contributed by atoms with van der Waals surface area (Å²) in [6.07, 6.45) is 0. The first-order chi connectivity index (χ1) is 14.7. The van der Waals surface area contributed by atoms with Gasteiger partial charge in [0.15, 0.2) is 5.16 Å². The molecule has 0 spiro atoms. The van der Waals surface area contributed by atoms with Gasteiger partial charge in [0.1, 0.15) is 23.5 Å². The Hall–Kier alpha value is -3.12. The normalized spacial score (nSPS) is 11.0. The molecule has 3 aromatic rings. The Bertz CT molecular complexity index is 1140. The van der Waals surface area contributed by atoms with Crippen LogP contribution in [0.2, 0.25) is 0 Å². The summed E-state index contributed by atoms with van der Waals surface area (Å²) < 4.78 is 17.0. The number of nitriles is 1. The average Bonchev–Trinajstić information content (AvgIpc) is 3.20. The van der Waals surface area contributed by atoms with Gasteiger partial charge in [-0.25, -0.2) is 4.39 Å². The molecule has 0 fully saturated rings. The second kappa shape index (κ2) is 9.35. The van der Waals surface area contributed by atoms with Gasteiger partial charge in [-0.3, -0.25) is 4.79 Å². The number of halogens is 1. The molecule has 0 radical (unpaired) electrons. The number of thioether (sulfide) groups is 1. The summed E-state index contributed by atoms with van der Waals surface area (Å²) in [5.74, 6) is 1.13. The van der Waals surface area contributed by atoms with Crippen molar-refractivity contribution < 1.29 is 9.18 Å². The van der Waals surface area contributed by atoms with Crippen molar-refractivity contribution in [2.45, 2.75) is 45.3 Å². The Labute approximate surface area is 185 Å². The monoisotopic (exact) mass is 440 g/mol. The van der Waals surface area contributed by atoms with Crippen molar-refractivity contribution in [3.05, 3.63) is 58.3 Å². The molecule has 2 aromatic heterocycles. The highest BCUT2D eigenvalue weighted by atomic mass is 32.2. The Morgan fingerprint density at radius 1 is 1.26 bits per heavy atom. The molecule has 162 valence electrons. The number of aromatic nitrogens is 4. The highest BCUT2D eigenvalue weighted by molar-refractivity contribution is 7.99. The van der Waals surface area contributed by atoms with Crippen LogP contribution in [0.4, 0.5) is 10.2 Å². The van der Waals surface area contributed by atoms with Gasteiger partial charge in [0.25, 0.3) is 0 Å². The van der Waals surface area contributed by atoms with E-state index in [2.05, 4.69) is 21.6 Å². The number of nitrogens with zero attached hydrogens (tertiary/aromatic N) is 5. The molecule has 0 bridgehead atoms. The summed E-state index contributed by atoms with van der Waals surface area (Å²) in [6, 6.07) is 8.37. The fourth-order valence-electron chi connectivity index (χ4n) is 3.35. The van der Waals surface area contributed by atoms with Crippen molar-refractivity contribution in [3.8, 4) is 6.07 Å². The minimum absolute atomic E-state index is 0.134. The van der Waals surface area contributed by atoms with Gasteiger partial charge in [-0.2, -0.15) is 5.26 Å². The van der Waals surface area contributed by atoms with E-state index in [4.69, 9.17) is 0 Å². The minimum atomic E-state index is -0.308. The van der Waals surface area contributed by atoms with E-state index in [1.54, 1.807) is 12.1 Å². The number of amides is 1. The van der Waals surface area contributed by atoms with Gasteiger partial charge >= 0.3 is 0 Å². The van der Waals surface area contributed by atoms with Crippen molar-refractivity contribution in [3.63, 3.8) is 0 Å². The highest BCUT2D eigenvalue weighted by Gasteiger charge is 2.20. The average molecular weight is 441 g/mol. The van der Waals surface area contributed by atoms with Gasteiger partial charge in [0.05, 0.1) is 11.3 Å². The first-order valence-corrected chi connectivity index (χ1v) is 10.9. The third kappa shape index (κ3) is 4.80. The van der Waals surface area contributed by atoms with E-state index in [1.165, 1.54) is 23.9 Å². The number of anilines is 1. The van der Waals surface area contributed by atoms with Crippen LogP contribution in [0.3, 0.4) is 0 Å². The van der Waals surface area contributed by atoms with Crippen molar-refractivity contribution in [2.75, 3.05) is 11.1 Å². The van der Waals surface area contributed by atoms with Crippen molar-refractivity contribution in [1.29, 1.82) is 5.26 Å². The van der Waals surface area contributed by atoms with Gasteiger partial charge in [-0.15, -0.1) is 10.2 Å². The van der Waals surface area contributed by atoms with Crippen LogP contribution in [-0.2, 0) is 18.4 Å². The summed E-state index contributed by atoms with van der Waals surface area (Å²) >= 11 is 1.29. The van der Waals surface area contributed by atoms with Crippen molar-refractivity contribution in [2.24, 2.45) is 7.05 Å². The largest absolute Gasteiger partial charge is 0.326 e. The third-order valence-corrected chi connectivity index (χ3v) is 6.19. The predicted octanol–water partition coefficient (Wildman–Crippen LogP) is 4.15. The summed E-state index contributed by atoms with van der Waals surface area (Å²) in [4.78, 5) is 12.7. The minimum Gasteiger partial charge on any atom is -0.326 e. The Balaban J connectivity index is 1.80. The third-order valence-electron chi connectivity index (χ3n) is 5.17. The van der Waals surface area contributed by atoms with Crippen LogP contribution in [0, 0.1) is 31.0 Å². The van der Waals surface area contributed by atoms with E-state index in [0.717, 1.165) is 22.6 Å². The molecule has 0 aliphatic carbocycles. The Kier molecular flexibility index (Phi) is 6.81. The predicted molar refractivity (Wildman–Crippen MR) is 119 cm³/mol. The van der Waals surface area contributed by atoms with E-state index >= 15 is 0 Å². The molecule has 31 heavy (non-hydrogen) atoms. The van der Waals surface area contributed by atoms with Crippen LogP contribution in [-0.4, -0.2) is 31.0 Å². The molecule has 0 unspecified atom stereocenters. The van der Waals surface area contributed by atoms with Crippen LogP contribution in [0.1, 0.15) is 48.0 Å². The first-order valence-electron chi connectivity index (χ1n) is 9.89. The zero-order chi connectivity index (χ0) is 22.7. The van der Waals surface area contributed by atoms with E-state index in [1.807, 2.05) is 43.9 Å². The summed E-state index contributed by atoms with van der Waals surface area (Å²) in [5, 5.41) is 21.5. The van der Waals surface area contributed by atoms with E-state index in [0.29, 0.717) is 23.1 Å². The molecular weight excluding hydrogens is 415 g/mol. The second-order valence-corrected chi connectivity index (χ2v) is 8.59. The molecule has 0 aliphatic rings. The SMILES string of the molecule is Cc1c(C#N)c(NC(=O)CSc2nnc(C(C)C)n2C)n(Cc2ccc(F)cc2)c1C. The summed E-state index contributed by atoms with van der Waals surface area (Å²) in [6.45, 7) is 8.24. The van der Waals surface area contributed by atoms with Crippen LogP contribution >= 0.6 is 11.8 Å². The molecule has 1 N–H and O–H groups in total. The lowest BCUT2D eigenvalue weighted by atomic mass is 10.2. The highest BCUT2D eigenvalue weighted by Crippen LogP contribution is 2.28. The van der Waals surface area contributed by atoms with Gasteiger partial charge < -0.3 is 14.5 Å². The molecule has 2 heterocycles. The molecule has 0 atom stereocenters. The maximum absolute atomic E-state index is 13.3. The maximum atomic E-state index is 13.3. The number of hydrogen-bond donors (Lipinski definition) is 1. The molecule has 1 amide bonds. The fourth-order valence-corrected chi connectivity index (χ4v) is 4.07.